The minimum absolute atomic E-state index is 0.591. The summed E-state index contributed by atoms with van der Waals surface area (Å²) >= 11 is 0. The Hall–Kier alpha value is -0.760. The van der Waals surface area contributed by atoms with Gasteiger partial charge in [-0.05, 0) is 42.1 Å². The highest BCUT2D eigenvalue weighted by atomic mass is 16.3. The molecule has 1 aromatic heterocycles. The van der Waals surface area contributed by atoms with Gasteiger partial charge in [-0.2, -0.15) is 0 Å². The van der Waals surface area contributed by atoms with E-state index in [0.717, 1.165) is 24.3 Å². The van der Waals surface area contributed by atoms with Crippen molar-refractivity contribution in [3.8, 4) is 0 Å². The molecule has 94 valence electrons. The van der Waals surface area contributed by atoms with Crippen molar-refractivity contribution in [1.29, 1.82) is 0 Å². The molecule has 2 heteroatoms. The highest BCUT2D eigenvalue weighted by Gasteiger charge is 2.55. The standard InChI is InChI=1S/C15H23NO/c1-10-13-6-12(15(13,2)3)7-14(10)16-8-11-4-5-17-9-11/h4-5,9-10,12-14,16H,6-8H2,1-3H3/t10-,12-,13+,14-/m1/s1. The van der Waals surface area contributed by atoms with Gasteiger partial charge in [0.1, 0.15) is 0 Å². The minimum atomic E-state index is 0.591. The van der Waals surface area contributed by atoms with E-state index in [1.807, 2.05) is 12.3 Å². The Morgan fingerprint density at radius 1 is 1.41 bits per heavy atom. The van der Waals surface area contributed by atoms with Crippen molar-refractivity contribution in [1.82, 2.24) is 5.32 Å². The summed E-state index contributed by atoms with van der Waals surface area (Å²) in [6.45, 7) is 8.28. The van der Waals surface area contributed by atoms with Crippen LogP contribution in [0, 0.1) is 23.2 Å². The first-order valence-corrected chi connectivity index (χ1v) is 6.83. The third-order valence-corrected chi connectivity index (χ3v) is 5.50. The molecule has 17 heavy (non-hydrogen) atoms. The Kier molecular flexibility index (Phi) is 2.58. The predicted molar refractivity (Wildman–Crippen MR) is 68.5 cm³/mol. The SMILES string of the molecule is C[C@H]1[C@H](NCc2ccoc2)C[C@H]2C[C@@H]1C2(C)C. The highest BCUT2D eigenvalue weighted by Crippen LogP contribution is 2.61. The van der Waals surface area contributed by atoms with Crippen LogP contribution in [0.3, 0.4) is 0 Å². The highest BCUT2D eigenvalue weighted by molar-refractivity contribution is 5.09. The summed E-state index contributed by atoms with van der Waals surface area (Å²) in [6, 6.07) is 2.74. The predicted octanol–water partition coefficient (Wildman–Crippen LogP) is 3.44. The molecule has 4 rings (SSSR count). The number of hydrogen-bond donors (Lipinski definition) is 1. The number of hydrogen-bond acceptors (Lipinski definition) is 2. The summed E-state index contributed by atoms with van der Waals surface area (Å²) in [7, 11) is 0. The van der Waals surface area contributed by atoms with Gasteiger partial charge in [0.15, 0.2) is 0 Å². The van der Waals surface area contributed by atoms with Crippen LogP contribution in [0.25, 0.3) is 0 Å². The molecule has 0 spiro atoms. The van der Waals surface area contributed by atoms with Crippen LogP contribution in [-0.4, -0.2) is 6.04 Å². The van der Waals surface area contributed by atoms with E-state index < -0.39 is 0 Å². The summed E-state index contributed by atoms with van der Waals surface area (Å²) in [5, 5.41) is 3.71. The van der Waals surface area contributed by atoms with Crippen molar-refractivity contribution in [3.05, 3.63) is 24.2 Å². The van der Waals surface area contributed by atoms with Crippen molar-refractivity contribution in [2.75, 3.05) is 0 Å². The van der Waals surface area contributed by atoms with E-state index in [4.69, 9.17) is 4.42 Å². The molecule has 0 aliphatic heterocycles. The van der Waals surface area contributed by atoms with Gasteiger partial charge in [-0.15, -0.1) is 0 Å². The zero-order valence-electron chi connectivity index (χ0n) is 11.1. The summed E-state index contributed by atoms with van der Waals surface area (Å²) in [6.07, 6.45) is 6.40. The summed E-state index contributed by atoms with van der Waals surface area (Å²) in [5.41, 5.74) is 1.85. The van der Waals surface area contributed by atoms with Gasteiger partial charge in [0.05, 0.1) is 12.5 Å². The Morgan fingerprint density at radius 3 is 2.82 bits per heavy atom. The maximum atomic E-state index is 5.10. The molecule has 3 aliphatic carbocycles. The first-order chi connectivity index (χ1) is 8.09. The second-order valence-corrected chi connectivity index (χ2v) is 6.57. The van der Waals surface area contributed by atoms with Gasteiger partial charge in [0.2, 0.25) is 0 Å². The van der Waals surface area contributed by atoms with Crippen LogP contribution in [-0.2, 0) is 6.54 Å². The molecule has 3 aliphatic rings. The zero-order valence-corrected chi connectivity index (χ0v) is 11.1. The third kappa shape index (κ3) is 1.74. The van der Waals surface area contributed by atoms with E-state index in [0.29, 0.717) is 11.5 Å². The van der Waals surface area contributed by atoms with Gasteiger partial charge in [-0.1, -0.05) is 20.8 Å². The quantitative estimate of drug-likeness (QED) is 0.865. The minimum Gasteiger partial charge on any atom is -0.472 e. The molecule has 3 fully saturated rings. The fourth-order valence-electron chi connectivity index (χ4n) is 4.06. The van der Waals surface area contributed by atoms with E-state index in [1.54, 1.807) is 6.26 Å². The van der Waals surface area contributed by atoms with E-state index in [1.165, 1.54) is 18.4 Å². The number of rotatable bonds is 3. The van der Waals surface area contributed by atoms with Crippen LogP contribution < -0.4 is 5.32 Å². The van der Waals surface area contributed by atoms with Gasteiger partial charge in [0.25, 0.3) is 0 Å². The van der Waals surface area contributed by atoms with Crippen molar-refractivity contribution in [2.24, 2.45) is 23.2 Å². The molecule has 1 aromatic rings. The molecule has 3 saturated carbocycles. The molecule has 2 bridgehead atoms. The van der Waals surface area contributed by atoms with Crippen LogP contribution in [0.4, 0.5) is 0 Å². The average molecular weight is 233 g/mol. The van der Waals surface area contributed by atoms with Crippen LogP contribution >= 0.6 is 0 Å². The summed E-state index contributed by atoms with van der Waals surface area (Å²) < 4.78 is 5.10. The third-order valence-electron chi connectivity index (χ3n) is 5.50. The molecule has 0 radical (unpaired) electrons. The number of fused-ring (bicyclic) bond motifs is 2. The van der Waals surface area contributed by atoms with E-state index in [9.17, 15) is 0 Å². The Balaban J connectivity index is 1.60. The van der Waals surface area contributed by atoms with Gasteiger partial charge in [0, 0.05) is 18.2 Å². The van der Waals surface area contributed by atoms with Crippen LogP contribution in [0.15, 0.2) is 23.0 Å². The van der Waals surface area contributed by atoms with Crippen LogP contribution in [0.1, 0.15) is 39.2 Å². The molecule has 0 amide bonds. The first kappa shape index (κ1) is 11.3. The molecular formula is C15H23NO. The zero-order chi connectivity index (χ0) is 12.0. The molecule has 0 aromatic carbocycles. The topological polar surface area (TPSA) is 25.2 Å². The van der Waals surface area contributed by atoms with E-state index >= 15 is 0 Å². The molecule has 1 heterocycles. The second kappa shape index (κ2) is 3.88. The Labute approximate surface area is 104 Å². The maximum absolute atomic E-state index is 5.10. The van der Waals surface area contributed by atoms with Gasteiger partial charge < -0.3 is 9.73 Å². The number of furan rings is 1. The Morgan fingerprint density at radius 2 is 2.24 bits per heavy atom. The van der Waals surface area contributed by atoms with Crippen molar-refractivity contribution in [2.45, 2.75) is 46.2 Å². The largest absolute Gasteiger partial charge is 0.472 e. The monoisotopic (exact) mass is 233 g/mol. The van der Waals surface area contributed by atoms with Crippen LogP contribution in [0.2, 0.25) is 0 Å². The fourth-order valence-corrected chi connectivity index (χ4v) is 4.06. The lowest BCUT2D eigenvalue weighted by molar-refractivity contribution is -0.115. The van der Waals surface area contributed by atoms with E-state index in [-0.39, 0.29) is 0 Å². The molecule has 0 saturated heterocycles. The molecule has 4 atom stereocenters. The van der Waals surface area contributed by atoms with Crippen molar-refractivity contribution in [3.63, 3.8) is 0 Å². The summed E-state index contributed by atoms with van der Waals surface area (Å²) in [4.78, 5) is 0. The average Bonchev–Trinajstić information content (AvgIpc) is 2.79. The lowest BCUT2D eigenvalue weighted by atomic mass is 9.45. The first-order valence-electron chi connectivity index (χ1n) is 6.83. The lowest BCUT2D eigenvalue weighted by Crippen LogP contribution is -2.59. The summed E-state index contributed by atoms with van der Waals surface area (Å²) in [5.74, 6) is 2.66. The Bertz CT molecular complexity index is 382. The lowest BCUT2D eigenvalue weighted by Gasteiger charge is -2.62. The normalized spacial score (nSPS) is 38.8. The molecule has 2 nitrogen and oxygen atoms in total. The molecule has 0 unspecified atom stereocenters. The number of nitrogens with one attached hydrogen (secondary N) is 1. The van der Waals surface area contributed by atoms with Crippen molar-refractivity contribution >= 4 is 0 Å². The maximum Gasteiger partial charge on any atom is 0.0947 e. The van der Waals surface area contributed by atoms with E-state index in [2.05, 4.69) is 26.1 Å². The van der Waals surface area contributed by atoms with Crippen molar-refractivity contribution < 1.29 is 4.42 Å². The van der Waals surface area contributed by atoms with Gasteiger partial charge >= 0.3 is 0 Å². The fraction of sp³-hybridized carbons (Fsp3) is 0.733. The van der Waals surface area contributed by atoms with Gasteiger partial charge in [-0.25, -0.2) is 0 Å². The van der Waals surface area contributed by atoms with Crippen LogP contribution in [0.5, 0.6) is 0 Å². The molecule has 1 N–H and O–H groups in total. The smallest absolute Gasteiger partial charge is 0.0947 e. The second-order valence-electron chi connectivity index (χ2n) is 6.57. The molecular weight excluding hydrogens is 210 g/mol. The van der Waals surface area contributed by atoms with Gasteiger partial charge in [-0.3, -0.25) is 0 Å².